The van der Waals surface area contributed by atoms with Gasteiger partial charge in [-0.25, -0.2) is 4.68 Å². The number of ether oxygens (including phenoxy) is 1. The van der Waals surface area contributed by atoms with Crippen LogP contribution in [0.2, 0.25) is 5.02 Å². The largest absolute Gasteiger partial charge is 0.434 e. The summed E-state index contributed by atoms with van der Waals surface area (Å²) in [5.41, 5.74) is 0.180. The molecule has 2 aromatic rings. The van der Waals surface area contributed by atoms with Crippen LogP contribution in [0.1, 0.15) is 5.69 Å². The minimum atomic E-state index is -0.506. The van der Waals surface area contributed by atoms with E-state index >= 15 is 0 Å². The van der Waals surface area contributed by atoms with Crippen LogP contribution >= 0.6 is 11.6 Å². The van der Waals surface area contributed by atoms with E-state index in [0.29, 0.717) is 16.5 Å². The van der Waals surface area contributed by atoms with Crippen LogP contribution in [0, 0.1) is 17.0 Å². The summed E-state index contributed by atoms with van der Waals surface area (Å²) in [6.07, 6.45) is 0. The summed E-state index contributed by atoms with van der Waals surface area (Å²) in [4.78, 5) is 10.4. The molecule has 0 fully saturated rings. The van der Waals surface area contributed by atoms with Crippen LogP contribution in [0.25, 0.3) is 0 Å². The van der Waals surface area contributed by atoms with Crippen LogP contribution in [0.3, 0.4) is 0 Å². The fraction of sp³-hybridized carbons (Fsp3) is 0.182. The SMILES string of the molecule is Cc1nn(C)c(Oc2ccc(Cl)cc2)c1[N+](=O)[O-]. The van der Waals surface area contributed by atoms with Gasteiger partial charge in [0.25, 0.3) is 5.88 Å². The van der Waals surface area contributed by atoms with Gasteiger partial charge < -0.3 is 4.74 Å². The van der Waals surface area contributed by atoms with E-state index in [4.69, 9.17) is 16.3 Å². The standard InChI is InChI=1S/C11H10ClN3O3/c1-7-10(15(16)17)11(14(2)13-7)18-9-5-3-8(12)4-6-9/h3-6H,1-2H3. The van der Waals surface area contributed by atoms with E-state index < -0.39 is 4.92 Å². The average Bonchev–Trinajstić information content (AvgIpc) is 2.57. The lowest BCUT2D eigenvalue weighted by atomic mass is 10.3. The summed E-state index contributed by atoms with van der Waals surface area (Å²) >= 11 is 5.75. The van der Waals surface area contributed by atoms with Gasteiger partial charge in [0.2, 0.25) is 0 Å². The molecule has 0 radical (unpaired) electrons. The maximum absolute atomic E-state index is 11.0. The van der Waals surface area contributed by atoms with Crippen molar-refractivity contribution in [3.05, 3.63) is 45.1 Å². The Morgan fingerprint density at radius 3 is 2.56 bits per heavy atom. The first-order chi connectivity index (χ1) is 8.49. The molecule has 1 aromatic heterocycles. The van der Waals surface area contributed by atoms with E-state index in [1.165, 1.54) is 4.68 Å². The molecule has 0 spiro atoms. The van der Waals surface area contributed by atoms with Crippen molar-refractivity contribution in [1.29, 1.82) is 0 Å². The molecular weight excluding hydrogens is 258 g/mol. The first-order valence-electron chi connectivity index (χ1n) is 5.10. The molecule has 0 unspecified atom stereocenters. The third-order valence-electron chi connectivity index (χ3n) is 2.35. The van der Waals surface area contributed by atoms with Crippen LogP contribution < -0.4 is 4.74 Å². The van der Waals surface area contributed by atoms with Gasteiger partial charge in [-0.05, 0) is 31.2 Å². The van der Waals surface area contributed by atoms with Gasteiger partial charge in [-0.1, -0.05) is 11.6 Å². The van der Waals surface area contributed by atoms with Crippen molar-refractivity contribution < 1.29 is 9.66 Å². The molecule has 94 valence electrons. The van der Waals surface area contributed by atoms with Gasteiger partial charge in [0.15, 0.2) is 0 Å². The van der Waals surface area contributed by atoms with Gasteiger partial charge in [-0.3, -0.25) is 10.1 Å². The van der Waals surface area contributed by atoms with Gasteiger partial charge in [-0.15, -0.1) is 0 Å². The molecule has 0 N–H and O–H groups in total. The topological polar surface area (TPSA) is 70.2 Å². The highest BCUT2D eigenvalue weighted by Gasteiger charge is 2.26. The predicted octanol–water partition coefficient (Wildman–Crippen LogP) is 3.08. The van der Waals surface area contributed by atoms with E-state index in [9.17, 15) is 10.1 Å². The molecule has 0 saturated carbocycles. The van der Waals surface area contributed by atoms with Crippen molar-refractivity contribution >= 4 is 17.3 Å². The average molecular weight is 268 g/mol. The van der Waals surface area contributed by atoms with E-state index in [0.717, 1.165) is 0 Å². The molecule has 18 heavy (non-hydrogen) atoms. The molecule has 6 nitrogen and oxygen atoms in total. The minimum absolute atomic E-state index is 0.0971. The van der Waals surface area contributed by atoms with Crippen molar-refractivity contribution in [2.75, 3.05) is 0 Å². The number of nitrogens with zero attached hydrogens (tertiary/aromatic N) is 3. The molecule has 2 rings (SSSR count). The quantitative estimate of drug-likeness (QED) is 0.633. The van der Waals surface area contributed by atoms with Gasteiger partial charge in [0.05, 0.1) is 4.92 Å². The zero-order chi connectivity index (χ0) is 13.3. The normalized spacial score (nSPS) is 10.4. The Morgan fingerprint density at radius 2 is 2.00 bits per heavy atom. The minimum Gasteiger partial charge on any atom is -0.434 e. The van der Waals surface area contributed by atoms with Crippen LogP contribution in [-0.4, -0.2) is 14.7 Å². The Hall–Kier alpha value is -2.08. The van der Waals surface area contributed by atoms with Crippen LogP contribution in [-0.2, 0) is 7.05 Å². The highest BCUT2D eigenvalue weighted by Crippen LogP contribution is 2.33. The fourth-order valence-corrected chi connectivity index (χ4v) is 1.69. The first-order valence-corrected chi connectivity index (χ1v) is 5.48. The molecule has 0 aliphatic carbocycles. The zero-order valence-electron chi connectivity index (χ0n) is 9.75. The lowest BCUT2D eigenvalue weighted by Gasteiger charge is -2.04. The lowest BCUT2D eigenvalue weighted by molar-refractivity contribution is -0.386. The molecular formula is C11H10ClN3O3. The van der Waals surface area contributed by atoms with Gasteiger partial charge in [-0.2, -0.15) is 5.10 Å². The summed E-state index contributed by atoms with van der Waals surface area (Å²) in [5.74, 6) is 0.560. The number of aryl methyl sites for hydroxylation is 2. The van der Waals surface area contributed by atoms with Crippen molar-refractivity contribution in [3.8, 4) is 11.6 Å². The highest BCUT2D eigenvalue weighted by molar-refractivity contribution is 6.30. The van der Waals surface area contributed by atoms with Crippen molar-refractivity contribution in [2.24, 2.45) is 7.05 Å². The van der Waals surface area contributed by atoms with Crippen molar-refractivity contribution in [2.45, 2.75) is 6.92 Å². The Bertz CT molecular complexity index is 592. The number of hydrogen-bond donors (Lipinski definition) is 0. The Kier molecular flexibility index (Phi) is 3.20. The molecule has 0 aliphatic heterocycles. The second-order valence-electron chi connectivity index (χ2n) is 3.68. The summed E-state index contributed by atoms with van der Waals surface area (Å²) in [6.45, 7) is 1.56. The summed E-state index contributed by atoms with van der Waals surface area (Å²) in [7, 11) is 1.59. The smallest absolute Gasteiger partial charge is 0.353 e. The Morgan fingerprint density at radius 1 is 1.39 bits per heavy atom. The molecule has 0 aliphatic rings. The fourth-order valence-electron chi connectivity index (χ4n) is 1.56. The number of rotatable bonds is 3. The molecule has 1 heterocycles. The lowest BCUT2D eigenvalue weighted by Crippen LogP contribution is -1.97. The second kappa shape index (κ2) is 4.66. The van der Waals surface area contributed by atoms with Crippen molar-refractivity contribution in [1.82, 2.24) is 9.78 Å². The highest BCUT2D eigenvalue weighted by atomic mass is 35.5. The molecule has 7 heteroatoms. The number of benzene rings is 1. The van der Waals surface area contributed by atoms with E-state index in [-0.39, 0.29) is 11.6 Å². The van der Waals surface area contributed by atoms with Gasteiger partial charge in [0, 0.05) is 12.1 Å². The molecule has 1 aromatic carbocycles. The van der Waals surface area contributed by atoms with Gasteiger partial charge in [0.1, 0.15) is 11.4 Å². The number of aromatic nitrogens is 2. The van der Waals surface area contributed by atoms with Crippen LogP contribution in [0.4, 0.5) is 5.69 Å². The second-order valence-corrected chi connectivity index (χ2v) is 4.11. The van der Waals surface area contributed by atoms with E-state index in [1.54, 1.807) is 38.2 Å². The summed E-state index contributed by atoms with van der Waals surface area (Å²) in [6, 6.07) is 6.56. The zero-order valence-corrected chi connectivity index (χ0v) is 10.5. The third kappa shape index (κ3) is 2.28. The molecule has 0 bridgehead atoms. The summed E-state index contributed by atoms with van der Waals surface area (Å²) in [5, 5.41) is 15.5. The summed E-state index contributed by atoms with van der Waals surface area (Å²) < 4.78 is 6.81. The number of nitro groups is 1. The third-order valence-corrected chi connectivity index (χ3v) is 2.60. The predicted molar refractivity (Wildman–Crippen MR) is 66.1 cm³/mol. The molecule has 0 saturated heterocycles. The van der Waals surface area contributed by atoms with Crippen LogP contribution in [0.15, 0.2) is 24.3 Å². The van der Waals surface area contributed by atoms with E-state index in [1.807, 2.05) is 0 Å². The maximum Gasteiger partial charge on any atom is 0.353 e. The van der Waals surface area contributed by atoms with Gasteiger partial charge >= 0.3 is 5.69 Å². The number of halogens is 1. The molecule has 0 atom stereocenters. The van der Waals surface area contributed by atoms with Crippen LogP contribution in [0.5, 0.6) is 11.6 Å². The van der Waals surface area contributed by atoms with Crippen molar-refractivity contribution in [3.63, 3.8) is 0 Å². The maximum atomic E-state index is 11.0. The Balaban J connectivity index is 2.39. The number of hydrogen-bond acceptors (Lipinski definition) is 4. The van der Waals surface area contributed by atoms with E-state index in [2.05, 4.69) is 5.10 Å². The molecule has 0 amide bonds. The Labute approximate surface area is 108 Å². The monoisotopic (exact) mass is 267 g/mol. The first kappa shape index (κ1) is 12.4.